The first kappa shape index (κ1) is 39.8. The molecule has 3 atom stereocenters. The number of fused-ring (bicyclic) bond motifs is 1. The second-order valence-corrected chi connectivity index (χ2v) is 9.38. The van der Waals surface area contributed by atoms with Crippen LogP contribution in [0.2, 0.25) is 0 Å². The van der Waals surface area contributed by atoms with E-state index in [0.717, 1.165) is 49.5 Å². The zero-order valence-corrected chi connectivity index (χ0v) is 23.6. The summed E-state index contributed by atoms with van der Waals surface area (Å²) in [7, 11) is 0. The maximum absolute atomic E-state index is 10.6. The lowest BCUT2D eigenvalue weighted by Crippen LogP contribution is -2.44. The molecule has 0 unspecified atom stereocenters. The monoisotopic (exact) mass is 681 g/mol. The topological polar surface area (TPSA) is 159 Å². The highest BCUT2D eigenvalue weighted by Crippen LogP contribution is 2.32. The van der Waals surface area contributed by atoms with Crippen molar-refractivity contribution in [2.45, 2.75) is 69.5 Å². The molecule has 2 saturated heterocycles. The SMILES string of the molecule is Cc1cccc(CN2CC[C@@H]3O[C@H](COc4cccnc4)CC[C@@H]32)n1.O=C(O)C(F)(F)F.O=C(O)C(F)(F)F.O=C(O)C(F)(F)F. The Kier molecular flexibility index (Phi) is 15.1. The fraction of sp³-hybridized carbons (Fsp3) is 0.500. The van der Waals surface area contributed by atoms with Crippen LogP contribution in [0, 0.1) is 6.92 Å². The van der Waals surface area contributed by atoms with Crippen LogP contribution in [-0.4, -0.2) is 98.0 Å². The molecule has 4 rings (SSSR count). The number of rotatable bonds is 5. The summed E-state index contributed by atoms with van der Waals surface area (Å²) >= 11 is 0. The second kappa shape index (κ2) is 17.5. The van der Waals surface area contributed by atoms with Gasteiger partial charge in [-0.15, -0.1) is 0 Å². The Bertz CT molecular complexity index is 1200. The number of hydrogen-bond acceptors (Lipinski definition) is 8. The zero-order chi connectivity index (χ0) is 35.3. The van der Waals surface area contributed by atoms with Crippen LogP contribution < -0.4 is 4.74 Å². The fourth-order valence-corrected chi connectivity index (χ4v) is 3.92. The summed E-state index contributed by atoms with van der Waals surface area (Å²) in [6.45, 7) is 4.66. The molecule has 0 spiro atoms. The largest absolute Gasteiger partial charge is 0.490 e. The Labute approximate surface area is 254 Å². The molecule has 0 saturated carbocycles. The van der Waals surface area contributed by atoms with Gasteiger partial charge in [-0.3, -0.25) is 14.9 Å². The molecule has 2 aromatic rings. The molecule has 4 heterocycles. The first-order valence-electron chi connectivity index (χ1n) is 12.9. The number of likely N-dealkylation sites (tertiary alicyclic amines) is 1. The number of halogens is 9. The van der Waals surface area contributed by atoms with Crippen LogP contribution in [0.4, 0.5) is 39.5 Å². The number of alkyl halides is 9. The lowest BCUT2D eigenvalue weighted by atomic mass is 9.99. The lowest BCUT2D eigenvalue weighted by Gasteiger charge is -2.35. The molecule has 0 aromatic carbocycles. The third-order valence-electron chi connectivity index (χ3n) is 5.86. The van der Waals surface area contributed by atoms with Gasteiger partial charge in [0.2, 0.25) is 0 Å². The van der Waals surface area contributed by atoms with E-state index in [1.54, 1.807) is 12.4 Å². The van der Waals surface area contributed by atoms with E-state index in [9.17, 15) is 39.5 Å². The van der Waals surface area contributed by atoms with Gasteiger partial charge in [0.25, 0.3) is 0 Å². The molecule has 2 aromatic heterocycles. The van der Waals surface area contributed by atoms with Gasteiger partial charge in [-0.1, -0.05) is 6.07 Å². The maximum atomic E-state index is 10.6. The van der Waals surface area contributed by atoms with Gasteiger partial charge in [-0.2, -0.15) is 39.5 Å². The number of carbonyl (C=O) groups is 3. The second-order valence-electron chi connectivity index (χ2n) is 9.38. The van der Waals surface area contributed by atoms with Crippen LogP contribution in [0.1, 0.15) is 30.7 Å². The molecule has 2 fully saturated rings. The van der Waals surface area contributed by atoms with Crippen molar-refractivity contribution in [1.82, 2.24) is 14.9 Å². The van der Waals surface area contributed by atoms with Crippen molar-refractivity contribution in [3.05, 3.63) is 54.1 Å². The van der Waals surface area contributed by atoms with Gasteiger partial charge in [0, 0.05) is 31.0 Å². The van der Waals surface area contributed by atoms with Crippen molar-refractivity contribution in [1.29, 1.82) is 0 Å². The molecule has 20 heteroatoms. The average molecular weight is 682 g/mol. The lowest BCUT2D eigenvalue weighted by molar-refractivity contribution is -0.193. The van der Waals surface area contributed by atoms with Gasteiger partial charge < -0.3 is 24.8 Å². The molecule has 0 aliphatic carbocycles. The van der Waals surface area contributed by atoms with Crippen LogP contribution >= 0.6 is 0 Å². The van der Waals surface area contributed by atoms with Crippen molar-refractivity contribution in [2.75, 3.05) is 13.2 Å². The minimum atomic E-state index is -5.08. The number of aromatic nitrogens is 2. The van der Waals surface area contributed by atoms with E-state index in [2.05, 4.69) is 27.0 Å². The minimum Gasteiger partial charge on any atom is -0.489 e. The summed E-state index contributed by atoms with van der Waals surface area (Å²) < 4.78 is 107. The highest BCUT2D eigenvalue weighted by atomic mass is 19.4. The summed E-state index contributed by atoms with van der Waals surface area (Å²) in [5, 5.41) is 21.4. The molecule has 0 radical (unpaired) electrons. The minimum absolute atomic E-state index is 0.179. The Morgan fingerprint density at radius 3 is 1.87 bits per heavy atom. The first-order chi connectivity index (χ1) is 21.1. The molecule has 11 nitrogen and oxygen atoms in total. The predicted molar refractivity (Wildman–Crippen MR) is 136 cm³/mol. The fourth-order valence-electron chi connectivity index (χ4n) is 3.92. The van der Waals surface area contributed by atoms with E-state index in [1.165, 1.54) is 0 Å². The summed E-state index contributed by atoms with van der Waals surface area (Å²) in [6.07, 6.45) is -7.95. The van der Waals surface area contributed by atoms with E-state index in [1.807, 2.05) is 25.1 Å². The average Bonchev–Trinajstić information content (AvgIpc) is 3.33. The smallest absolute Gasteiger partial charge is 0.489 e. The van der Waals surface area contributed by atoms with Crippen LogP contribution in [0.25, 0.3) is 0 Å². The maximum Gasteiger partial charge on any atom is 0.490 e. The van der Waals surface area contributed by atoms with E-state index in [-0.39, 0.29) is 6.10 Å². The van der Waals surface area contributed by atoms with Crippen LogP contribution in [0.5, 0.6) is 5.75 Å². The number of carboxylic acid groups (broad SMARTS) is 3. The molecule has 3 N–H and O–H groups in total. The Morgan fingerprint density at radius 2 is 1.41 bits per heavy atom. The van der Waals surface area contributed by atoms with Crippen molar-refractivity contribution < 1.29 is 78.7 Å². The number of hydrogen-bond donors (Lipinski definition) is 3. The van der Waals surface area contributed by atoms with Gasteiger partial charge in [0.05, 0.1) is 24.1 Å². The van der Waals surface area contributed by atoms with Gasteiger partial charge in [0.15, 0.2) is 0 Å². The van der Waals surface area contributed by atoms with Gasteiger partial charge in [0.1, 0.15) is 12.4 Å². The number of carboxylic acids is 3. The molecule has 0 amide bonds. The molecule has 0 bridgehead atoms. The molecular weight excluding hydrogens is 653 g/mol. The number of ether oxygens (including phenoxy) is 2. The van der Waals surface area contributed by atoms with E-state index >= 15 is 0 Å². The first-order valence-corrected chi connectivity index (χ1v) is 12.9. The van der Waals surface area contributed by atoms with Gasteiger partial charge in [-0.05, 0) is 50.5 Å². The zero-order valence-electron chi connectivity index (χ0n) is 23.6. The summed E-state index contributed by atoms with van der Waals surface area (Å²) in [5.74, 6) is -7.46. The third-order valence-corrected chi connectivity index (χ3v) is 5.86. The van der Waals surface area contributed by atoms with Crippen molar-refractivity contribution >= 4 is 17.9 Å². The summed E-state index contributed by atoms with van der Waals surface area (Å²) in [4.78, 5) is 37.9. The number of pyridine rings is 2. The molecule has 46 heavy (non-hydrogen) atoms. The Morgan fingerprint density at radius 1 is 0.870 bits per heavy atom. The summed E-state index contributed by atoms with van der Waals surface area (Å²) in [5.41, 5.74) is 2.24. The standard InChI is InChI=1S/C20H25N3O2.3C2HF3O2/c1-15-4-2-5-16(22-15)13-23-11-9-20-19(23)8-7-18(25-20)14-24-17-6-3-10-21-12-17;3*3-2(4,5)1(6)7/h2-6,10,12,18-20H,7-9,11,13-14H2,1H3;3*(H,6,7)/t18-,19-,20-;;;/m0.../s1. The van der Waals surface area contributed by atoms with Crippen LogP contribution in [0.3, 0.4) is 0 Å². The van der Waals surface area contributed by atoms with E-state index in [0.29, 0.717) is 18.8 Å². The Hall–Kier alpha value is -4.20. The number of aliphatic carboxylic acids is 3. The van der Waals surface area contributed by atoms with E-state index in [4.69, 9.17) is 39.2 Å². The molecule has 2 aliphatic heterocycles. The quantitative estimate of drug-likeness (QED) is 0.369. The van der Waals surface area contributed by atoms with Crippen molar-refractivity contribution in [3.63, 3.8) is 0 Å². The van der Waals surface area contributed by atoms with Gasteiger partial charge >= 0.3 is 36.4 Å². The Balaban J connectivity index is 0.000000413. The predicted octanol–water partition coefficient (Wildman–Crippen LogP) is 4.89. The third kappa shape index (κ3) is 15.2. The molecular formula is C26H28F9N3O8. The van der Waals surface area contributed by atoms with E-state index < -0.39 is 36.4 Å². The molecule has 2 aliphatic rings. The number of aryl methyl sites for hydroxylation is 1. The normalized spacial score (nSPS) is 19.5. The van der Waals surface area contributed by atoms with Crippen LogP contribution in [-0.2, 0) is 25.7 Å². The summed E-state index contributed by atoms with van der Waals surface area (Å²) in [6, 6.07) is 10.6. The van der Waals surface area contributed by atoms with Crippen molar-refractivity contribution in [3.8, 4) is 5.75 Å². The van der Waals surface area contributed by atoms with Crippen molar-refractivity contribution in [2.24, 2.45) is 0 Å². The number of nitrogens with zero attached hydrogens (tertiary/aromatic N) is 3. The van der Waals surface area contributed by atoms with Gasteiger partial charge in [-0.25, -0.2) is 14.4 Å². The van der Waals surface area contributed by atoms with Crippen LogP contribution in [0.15, 0.2) is 42.7 Å². The highest BCUT2D eigenvalue weighted by molar-refractivity contribution is 5.73. The highest BCUT2D eigenvalue weighted by Gasteiger charge is 2.41. The molecule has 258 valence electrons.